The van der Waals surface area contributed by atoms with Crippen molar-refractivity contribution in [2.45, 2.75) is 19.9 Å². The van der Waals surface area contributed by atoms with Crippen LogP contribution in [0, 0.1) is 0 Å². The van der Waals surface area contributed by atoms with Crippen molar-refractivity contribution in [3.8, 4) is 5.75 Å². The zero-order chi connectivity index (χ0) is 20.6. The van der Waals surface area contributed by atoms with Crippen LogP contribution in [0.5, 0.6) is 5.75 Å². The summed E-state index contributed by atoms with van der Waals surface area (Å²) in [6, 6.07) is 23.5. The molecule has 2 N–H and O–H groups in total. The Kier molecular flexibility index (Phi) is 6.63. The van der Waals surface area contributed by atoms with E-state index in [1.165, 1.54) is 0 Å². The molecule has 0 aliphatic heterocycles. The molecule has 0 radical (unpaired) electrons. The smallest absolute Gasteiger partial charge is 0.255 e. The van der Waals surface area contributed by atoms with Crippen LogP contribution in [0.25, 0.3) is 0 Å². The largest absolute Gasteiger partial charge is 0.494 e. The lowest BCUT2D eigenvalue weighted by Gasteiger charge is -2.14. The van der Waals surface area contributed by atoms with E-state index in [9.17, 15) is 9.59 Å². The lowest BCUT2D eigenvalue weighted by Crippen LogP contribution is -2.26. The second kappa shape index (κ2) is 9.55. The average Bonchev–Trinajstić information content (AvgIpc) is 2.75. The van der Waals surface area contributed by atoms with Crippen LogP contribution >= 0.6 is 0 Å². The van der Waals surface area contributed by atoms with Gasteiger partial charge in [0.15, 0.2) is 0 Å². The Morgan fingerprint density at radius 3 is 2.03 bits per heavy atom. The SMILES string of the molecule is CCOc1ccc(C(=O)Nc2ccc(C(=O)NC(C)c3ccccc3)cc2)cc1. The minimum Gasteiger partial charge on any atom is -0.494 e. The lowest BCUT2D eigenvalue weighted by molar-refractivity contribution is 0.0939. The molecule has 3 rings (SSSR count). The Bertz CT molecular complexity index is 952. The highest BCUT2D eigenvalue weighted by atomic mass is 16.5. The number of amides is 2. The molecule has 0 saturated carbocycles. The summed E-state index contributed by atoms with van der Waals surface area (Å²) in [6.45, 7) is 4.43. The first-order valence-electron chi connectivity index (χ1n) is 9.57. The average molecular weight is 388 g/mol. The topological polar surface area (TPSA) is 67.4 Å². The number of hydrogen-bond acceptors (Lipinski definition) is 3. The van der Waals surface area contributed by atoms with Gasteiger partial charge in [-0.05, 0) is 67.9 Å². The summed E-state index contributed by atoms with van der Waals surface area (Å²) < 4.78 is 5.38. The Morgan fingerprint density at radius 1 is 0.828 bits per heavy atom. The van der Waals surface area contributed by atoms with Gasteiger partial charge in [0.25, 0.3) is 11.8 Å². The number of anilines is 1. The summed E-state index contributed by atoms with van der Waals surface area (Å²) in [6.07, 6.45) is 0. The minimum absolute atomic E-state index is 0.0947. The molecule has 0 aromatic heterocycles. The van der Waals surface area contributed by atoms with E-state index in [1.807, 2.05) is 44.2 Å². The van der Waals surface area contributed by atoms with Gasteiger partial charge in [0.1, 0.15) is 5.75 Å². The molecule has 0 aliphatic rings. The van der Waals surface area contributed by atoms with Crippen molar-refractivity contribution in [1.82, 2.24) is 5.32 Å². The van der Waals surface area contributed by atoms with Gasteiger partial charge in [-0.2, -0.15) is 0 Å². The molecule has 148 valence electrons. The molecule has 5 heteroatoms. The van der Waals surface area contributed by atoms with Crippen molar-refractivity contribution in [3.63, 3.8) is 0 Å². The number of nitrogens with one attached hydrogen (secondary N) is 2. The van der Waals surface area contributed by atoms with Crippen molar-refractivity contribution >= 4 is 17.5 Å². The number of hydrogen-bond donors (Lipinski definition) is 2. The molecular formula is C24H24N2O3. The van der Waals surface area contributed by atoms with E-state index < -0.39 is 0 Å². The molecule has 0 bridgehead atoms. The van der Waals surface area contributed by atoms with Gasteiger partial charge in [-0.1, -0.05) is 30.3 Å². The second-order valence-corrected chi connectivity index (χ2v) is 6.59. The van der Waals surface area contributed by atoms with E-state index in [-0.39, 0.29) is 17.9 Å². The Morgan fingerprint density at radius 2 is 1.41 bits per heavy atom. The third-order valence-corrected chi connectivity index (χ3v) is 4.48. The van der Waals surface area contributed by atoms with Gasteiger partial charge in [0, 0.05) is 16.8 Å². The second-order valence-electron chi connectivity index (χ2n) is 6.59. The summed E-state index contributed by atoms with van der Waals surface area (Å²) in [7, 11) is 0. The van der Waals surface area contributed by atoms with Crippen molar-refractivity contribution < 1.29 is 14.3 Å². The van der Waals surface area contributed by atoms with Gasteiger partial charge in [-0.15, -0.1) is 0 Å². The molecule has 3 aromatic rings. The third-order valence-electron chi connectivity index (χ3n) is 4.48. The highest BCUT2D eigenvalue weighted by molar-refractivity contribution is 6.04. The first-order chi connectivity index (χ1) is 14.1. The predicted octanol–water partition coefficient (Wildman–Crippen LogP) is 4.83. The van der Waals surface area contributed by atoms with E-state index in [0.29, 0.717) is 23.4 Å². The molecule has 5 nitrogen and oxygen atoms in total. The molecule has 0 heterocycles. The summed E-state index contributed by atoms with van der Waals surface area (Å²) in [4.78, 5) is 24.8. The minimum atomic E-state index is -0.219. The van der Waals surface area contributed by atoms with Gasteiger partial charge in [-0.3, -0.25) is 9.59 Å². The molecule has 29 heavy (non-hydrogen) atoms. The van der Waals surface area contributed by atoms with Crippen molar-refractivity contribution in [2.75, 3.05) is 11.9 Å². The van der Waals surface area contributed by atoms with Crippen LogP contribution in [0.2, 0.25) is 0 Å². The van der Waals surface area contributed by atoms with Crippen LogP contribution in [0.15, 0.2) is 78.9 Å². The fourth-order valence-corrected chi connectivity index (χ4v) is 2.88. The fourth-order valence-electron chi connectivity index (χ4n) is 2.88. The van der Waals surface area contributed by atoms with Crippen LogP contribution in [0.3, 0.4) is 0 Å². The van der Waals surface area contributed by atoms with Crippen LogP contribution in [0.4, 0.5) is 5.69 Å². The highest BCUT2D eigenvalue weighted by Gasteiger charge is 2.12. The summed E-state index contributed by atoms with van der Waals surface area (Å²) in [5, 5.41) is 5.81. The van der Waals surface area contributed by atoms with Crippen molar-refractivity contribution in [2.24, 2.45) is 0 Å². The normalized spacial score (nSPS) is 11.4. The molecule has 2 amide bonds. The molecular weight excluding hydrogens is 364 g/mol. The summed E-state index contributed by atoms with van der Waals surface area (Å²) in [5.41, 5.74) is 2.73. The van der Waals surface area contributed by atoms with Crippen molar-refractivity contribution in [1.29, 1.82) is 0 Å². The van der Waals surface area contributed by atoms with Gasteiger partial charge >= 0.3 is 0 Å². The molecule has 0 aliphatic carbocycles. The molecule has 1 unspecified atom stereocenters. The summed E-state index contributed by atoms with van der Waals surface area (Å²) >= 11 is 0. The van der Waals surface area contributed by atoms with Crippen LogP contribution in [0.1, 0.15) is 46.2 Å². The van der Waals surface area contributed by atoms with E-state index in [2.05, 4.69) is 10.6 Å². The fraction of sp³-hybridized carbons (Fsp3) is 0.167. The molecule has 0 fully saturated rings. The van der Waals surface area contributed by atoms with Crippen LogP contribution < -0.4 is 15.4 Å². The standard InChI is InChI=1S/C24H24N2O3/c1-3-29-22-15-11-20(12-16-22)24(28)26-21-13-9-19(10-14-21)23(27)25-17(2)18-7-5-4-6-8-18/h4-17H,3H2,1-2H3,(H,25,27)(H,26,28). The number of carbonyl (C=O) groups is 2. The molecule has 0 spiro atoms. The number of rotatable bonds is 7. The number of carbonyl (C=O) groups excluding carboxylic acids is 2. The number of ether oxygens (including phenoxy) is 1. The van der Waals surface area contributed by atoms with Gasteiger partial charge in [0.2, 0.25) is 0 Å². The lowest BCUT2D eigenvalue weighted by atomic mass is 10.1. The van der Waals surface area contributed by atoms with Crippen LogP contribution in [-0.2, 0) is 0 Å². The van der Waals surface area contributed by atoms with Crippen LogP contribution in [-0.4, -0.2) is 18.4 Å². The first-order valence-corrected chi connectivity index (χ1v) is 9.57. The molecule has 0 saturated heterocycles. The van der Waals surface area contributed by atoms with E-state index in [0.717, 1.165) is 11.3 Å². The Hall–Kier alpha value is -3.60. The first kappa shape index (κ1) is 20.1. The highest BCUT2D eigenvalue weighted by Crippen LogP contribution is 2.16. The zero-order valence-corrected chi connectivity index (χ0v) is 16.5. The van der Waals surface area contributed by atoms with E-state index in [1.54, 1.807) is 48.5 Å². The zero-order valence-electron chi connectivity index (χ0n) is 16.5. The maximum atomic E-state index is 12.5. The van der Waals surface area contributed by atoms with E-state index in [4.69, 9.17) is 4.74 Å². The molecule has 3 aromatic carbocycles. The summed E-state index contributed by atoms with van der Waals surface area (Å²) in [5.74, 6) is 0.345. The Balaban J connectivity index is 1.59. The van der Waals surface area contributed by atoms with Gasteiger partial charge < -0.3 is 15.4 Å². The monoisotopic (exact) mass is 388 g/mol. The van der Waals surface area contributed by atoms with E-state index >= 15 is 0 Å². The predicted molar refractivity (Wildman–Crippen MR) is 114 cm³/mol. The van der Waals surface area contributed by atoms with Gasteiger partial charge in [-0.25, -0.2) is 0 Å². The van der Waals surface area contributed by atoms with Gasteiger partial charge in [0.05, 0.1) is 12.6 Å². The van der Waals surface area contributed by atoms with Crippen molar-refractivity contribution in [3.05, 3.63) is 95.6 Å². The molecule has 1 atom stereocenters. The maximum Gasteiger partial charge on any atom is 0.255 e. The quantitative estimate of drug-likeness (QED) is 0.609. The maximum absolute atomic E-state index is 12.5. The third kappa shape index (κ3) is 5.45. The Labute approximate surface area is 170 Å². The number of benzene rings is 3.